The van der Waals surface area contributed by atoms with E-state index in [1.165, 1.54) is 11.5 Å². The fourth-order valence-corrected chi connectivity index (χ4v) is 2.50. The first-order chi connectivity index (χ1) is 10.5. The summed E-state index contributed by atoms with van der Waals surface area (Å²) in [5.74, 6) is 0. The van der Waals surface area contributed by atoms with Crippen LogP contribution in [0.25, 0.3) is 0 Å². The molecule has 0 fully saturated rings. The maximum absolute atomic E-state index is 11.5. The molecule has 0 aromatic carbocycles. The summed E-state index contributed by atoms with van der Waals surface area (Å²) >= 11 is 6.23. The summed E-state index contributed by atoms with van der Waals surface area (Å²) in [4.78, 5) is 11.5. The monoisotopic (exact) mass is 341 g/mol. The van der Waals surface area contributed by atoms with Crippen LogP contribution in [0, 0.1) is 6.92 Å². The summed E-state index contributed by atoms with van der Waals surface area (Å²) in [6, 6.07) is 0. The maximum Gasteiger partial charge on any atom is 0.412 e. The molecule has 0 saturated carbocycles. The van der Waals surface area contributed by atoms with E-state index in [2.05, 4.69) is 32.1 Å². The second-order valence-corrected chi connectivity index (χ2v) is 5.31. The van der Waals surface area contributed by atoms with E-state index >= 15 is 0 Å². The minimum absolute atomic E-state index is 0.302. The molecule has 1 amide bonds. The van der Waals surface area contributed by atoms with Crippen molar-refractivity contribution in [1.29, 1.82) is 0 Å². The zero-order chi connectivity index (χ0) is 16.5. The van der Waals surface area contributed by atoms with Gasteiger partial charge in [-0.1, -0.05) is 6.08 Å². The number of hydrogen-bond acceptors (Lipinski definition) is 6. The highest BCUT2D eigenvalue weighted by molar-refractivity contribution is 7.80. The fraction of sp³-hybridized carbons (Fsp3) is 0.385. The number of amides is 1. The first kappa shape index (κ1) is 18.1. The number of carbonyl (C=O) groups excluding carboxylic acids is 1. The van der Waals surface area contributed by atoms with Crippen molar-refractivity contribution in [2.45, 2.75) is 20.8 Å². The van der Waals surface area contributed by atoms with Gasteiger partial charge in [-0.25, -0.2) is 4.79 Å². The van der Waals surface area contributed by atoms with Crippen LogP contribution in [0.1, 0.15) is 25.1 Å². The van der Waals surface area contributed by atoms with Crippen molar-refractivity contribution in [2.24, 2.45) is 5.10 Å². The Morgan fingerprint density at radius 2 is 2.32 bits per heavy atom. The van der Waals surface area contributed by atoms with Crippen molar-refractivity contribution >= 4 is 45.7 Å². The maximum atomic E-state index is 11.5. The number of ether oxygens (including phenoxy) is 1. The van der Waals surface area contributed by atoms with Crippen molar-refractivity contribution in [3.05, 3.63) is 23.9 Å². The molecule has 1 aromatic heterocycles. The van der Waals surface area contributed by atoms with Gasteiger partial charge in [-0.05, 0) is 44.5 Å². The van der Waals surface area contributed by atoms with Gasteiger partial charge in [0.1, 0.15) is 5.00 Å². The van der Waals surface area contributed by atoms with Crippen molar-refractivity contribution < 1.29 is 9.53 Å². The molecule has 1 heterocycles. The zero-order valence-corrected chi connectivity index (χ0v) is 14.4. The highest BCUT2D eigenvalue weighted by atomic mass is 32.1. The average molecular weight is 341 g/mol. The van der Waals surface area contributed by atoms with Crippen LogP contribution in [0.5, 0.6) is 0 Å². The highest BCUT2D eigenvalue weighted by Gasteiger charge is 2.16. The van der Waals surface area contributed by atoms with Crippen molar-refractivity contribution in [2.75, 3.05) is 18.5 Å². The van der Waals surface area contributed by atoms with E-state index < -0.39 is 6.09 Å². The number of hydrogen-bond donors (Lipinski definition) is 3. The quantitative estimate of drug-likeness (QED) is 0.319. The molecule has 0 atom stereocenters. The van der Waals surface area contributed by atoms with Gasteiger partial charge in [0, 0.05) is 6.54 Å². The van der Waals surface area contributed by atoms with Crippen LogP contribution in [0.15, 0.2) is 17.8 Å². The molecule has 9 heteroatoms. The lowest BCUT2D eigenvalue weighted by Crippen LogP contribution is -2.32. The Morgan fingerprint density at radius 1 is 1.59 bits per heavy atom. The van der Waals surface area contributed by atoms with Crippen molar-refractivity contribution in [3.63, 3.8) is 0 Å². The number of thiocarbonyl (C=S) groups is 1. The molecule has 0 bridgehead atoms. The number of nitrogens with zero attached hydrogens (tertiary/aromatic N) is 2. The summed E-state index contributed by atoms with van der Waals surface area (Å²) < 4.78 is 9.09. The standard InChI is InChI=1S/C13H19N5O2S2/c1-5-7-14-12(21)17-16-8(3)10-9(4)18-22-11(10)15-13(19)20-6-2/h5H,1,6-7H2,2-4H3,(H,15,19)(H2,14,17,21)/b16-8+. The van der Waals surface area contributed by atoms with Gasteiger partial charge >= 0.3 is 6.09 Å². The molecule has 0 aliphatic carbocycles. The fourth-order valence-electron chi connectivity index (χ4n) is 1.54. The van der Waals surface area contributed by atoms with Gasteiger partial charge in [0.25, 0.3) is 0 Å². The predicted octanol–water partition coefficient (Wildman–Crippen LogP) is 2.39. The lowest BCUT2D eigenvalue weighted by molar-refractivity contribution is 0.168. The second-order valence-electron chi connectivity index (χ2n) is 4.13. The van der Waals surface area contributed by atoms with Crippen molar-refractivity contribution in [1.82, 2.24) is 15.1 Å². The number of rotatable bonds is 6. The number of carbonyl (C=O) groups is 1. The van der Waals surface area contributed by atoms with Crippen LogP contribution >= 0.6 is 23.8 Å². The zero-order valence-electron chi connectivity index (χ0n) is 12.7. The highest BCUT2D eigenvalue weighted by Crippen LogP contribution is 2.25. The van der Waals surface area contributed by atoms with Gasteiger partial charge in [0.05, 0.1) is 23.6 Å². The van der Waals surface area contributed by atoms with Gasteiger partial charge in [0.15, 0.2) is 5.11 Å². The van der Waals surface area contributed by atoms with Crippen LogP contribution in [-0.2, 0) is 4.74 Å². The lowest BCUT2D eigenvalue weighted by Gasteiger charge is -2.08. The summed E-state index contributed by atoms with van der Waals surface area (Å²) in [5, 5.41) is 10.7. The molecule has 3 N–H and O–H groups in total. The van der Waals surface area contributed by atoms with Gasteiger partial charge in [-0.3, -0.25) is 10.7 Å². The van der Waals surface area contributed by atoms with Crippen LogP contribution in [-0.4, -0.2) is 34.4 Å². The molecule has 0 aliphatic rings. The first-order valence-electron chi connectivity index (χ1n) is 6.59. The van der Waals surface area contributed by atoms with Gasteiger partial charge < -0.3 is 10.1 Å². The van der Waals surface area contributed by atoms with Crippen molar-refractivity contribution in [3.8, 4) is 0 Å². The Bertz CT molecular complexity index is 583. The number of hydrazone groups is 1. The minimum atomic E-state index is -0.517. The van der Waals surface area contributed by atoms with Crippen LogP contribution in [0.4, 0.5) is 9.80 Å². The molecular formula is C13H19N5O2S2. The van der Waals surface area contributed by atoms with E-state index in [-0.39, 0.29) is 0 Å². The Labute approximate surface area is 139 Å². The van der Waals surface area contributed by atoms with E-state index in [4.69, 9.17) is 17.0 Å². The molecule has 0 saturated heterocycles. The van der Waals surface area contributed by atoms with Gasteiger partial charge in [0.2, 0.25) is 0 Å². The molecule has 0 radical (unpaired) electrons. The van der Waals surface area contributed by atoms with Crippen LogP contribution in [0.2, 0.25) is 0 Å². The number of aromatic nitrogens is 1. The third kappa shape index (κ3) is 5.41. The molecule has 120 valence electrons. The largest absolute Gasteiger partial charge is 0.450 e. The predicted molar refractivity (Wildman–Crippen MR) is 93.6 cm³/mol. The third-order valence-corrected chi connectivity index (χ3v) is 3.54. The average Bonchev–Trinajstić information content (AvgIpc) is 2.83. The number of nitrogens with one attached hydrogen (secondary N) is 3. The lowest BCUT2D eigenvalue weighted by atomic mass is 10.2. The molecule has 0 unspecified atom stereocenters. The molecule has 22 heavy (non-hydrogen) atoms. The Kier molecular flexibility index (Phi) is 7.47. The summed E-state index contributed by atoms with van der Waals surface area (Å²) in [7, 11) is 0. The smallest absolute Gasteiger partial charge is 0.412 e. The van der Waals surface area contributed by atoms with Crippen LogP contribution < -0.4 is 16.1 Å². The van der Waals surface area contributed by atoms with E-state index in [0.29, 0.717) is 29.0 Å². The minimum Gasteiger partial charge on any atom is -0.450 e. The number of aryl methyl sites for hydroxylation is 1. The van der Waals surface area contributed by atoms with Gasteiger partial charge in [-0.15, -0.1) is 6.58 Å². The Hall–Kier alpha value is -2.00. The first-order valence-corrected chi connectivity index (χ1v) is 7.77. The normalized spacial score (nSPS) is 10.8. The van der Waals surface area contributed by atoms with Gasteiger partial charge in [-0.2, -0.15) is 9.47 Å². The third-order valence-electron chi connectivity index (χ3n) is 2.45. The van der Waals surface area contributed by atoms with E-state index in [0.717, 1.165) is 11.3 Å². The summed E-state index contributed by atoms with van der Waals surface area (Å²) in [6.45, 7) is 9.83. The summed E-state index contributed by atoms with van der Waals surface area (Å²) in [6.07, 6.45) is 1.18. The topological polar surface area (TPSA) is 87.6 Å². The molecule has 0 spiro atoms. The Morgan fingerprint density at radius 3 is 2.95 bits per heavy atom. The molecule has 7 nitrogen and oxygen atoms in total. The molecular weight excluding hydrogens is 322 g/mol. The Balaban J connectivity index is 2.81. The SMILES string of the molecule is C=CCNC(=S)N/N=C(\C)c1c(C)nsc1NC(=O)OCC. The second kappa shape index (κ2) is 9.11. The van der Waals surface area contributed by atoms with E-state index in [1.54, 1.807) is 19.9 Å². The molecule has 1 aromatic rings. The number of anilines is 1. The molecule has 0 aliphatic heterocycles. The molecule has 1 rings (SSSR count). The van der Waals surface area contributed by atoms with Crippen LogP contribution in [0.3, 0.4) is 0 Å². The summed E-state index contributed by atoms with van der Waals surface area (Å²) in [5.41, 5.74) is 4.90. The van der Waals surface area contributed by atoms with E-state index in [1.807, 2.05) is 6.92 Å². The van der Waals surface area contributed by atoms with E-state index in [9.17, 15) is 4.79 Å².